The summed E-state index contributed by atoms with van der Waals surface area (Å²) in [6.45, 7) is 0. The average molecular weight is 378 g/mol. The van der Waals surface area contributed by atoms with Crippen molar-refractivity contribution in [2.75, 3.05) is 14.1 Å². The van der Waals surface area contributed by atoms with E-state index < -0.39 is 28.3 Å². The Morgan fingerprint density at radius 3 is 2.33 bits per heavy atom. The van der Waals surface area contributed by atoms with Crippen LogP contribution in [0.3, 0.4) is 0 Å². The predicted octanol–water partition coefficient (Wildman–Crippen LogP) is 3.30. The molecule has 0 unspecified atom stereocenters. The lowest BCUT2D eigenvalue weighted by Crippen LogP contribution is -2.82. The third-order valence-electron chi connectivity index (χ3n) is 6.54. The average Bonchev–Trinajstić information content (AvgIpc) is 2.70. The van der Waals surface area contributed by atoms with E-state index in [0.717, 1.165) is 27.2 Å². The second-order valence-corrected chi connectivity index (χ2v) is 8.00. The molecule has 0 radical (unpaired) electrons. The molecule has 27 heavy (non-hydrogen) atoms. The maximum atomic E-state index is 13.1. The highest BCUT2D eigenvalue weighted by Crippen LogP contribution is 2.73. The number of halogens is 1. The van der Waals surface area contributed by atoms with E-state index in [1.54, 1.807) is 7.05 Å². The van der Waals surface area contributed by atoms with Gasteiger partial charge in [-0.3, -0.25) is 9.69 Å². The Labute approximate surface area is 161 Å². The fourth-order valence-electron chi connectivity index (χ4n) is 5.34. The van der Waals surface area contributed by atoms with E-state index in [1.165, 1.54) is 11.9 Å². The van der Waals surface area contributed by atoms with Gasteiger partial charge in [-0.1, -0.05) is 60.1 Å². The highest BCUT2D eigenvalue weighted by atomic mass is 35.5. The summed E-state index contributed by atoms with van der Waals surface area (Å²) in [6, 6.07) is 17.4. The van der Waals surface area contributed by atoms with Gasteiger partial charge in [0.25, 0.3) is 0 Å². The van der Waals surface area contributed by atoms with Gasteiger partial charge in [0.2, 0.25) is 5.91 Å². The first-order valence-electron chi connectivity index (χ1n) is 8.75. The standard InChI is InChI=1S/C21H16ClN3O2/c1-24-18(26)17-16-14-9-4-3-7-12(14)13-8-5-6-10-15(13)20(16,11-23)21(17,22)25(2)19(24)27/h3-10,16-17H,1-2H3/t16-,17-,20-,21+/m0/s1. The molecule has 2 aliphatic carbocycles. The highest BCUT2D eigenvalue weighted by molar-refractivity contribution is 6.31. The second-order valence-electron chi connectivity index (χ2n) is 7.42. The number of hydrogen-bond donors (Lipinski definition) is 0. The number of imide groups is 1. The first kappa shape index (κ1) is 16.3. The van der Waals surface area contributed by atoms with E-state index in [4.69, 9.17) is 11.6 Å². The molecular weight excluding hydrogens is 362 g/mol. The summed E-state index contributed by atoms with van der Waals surface area (Å²) in [5, 5.41) is 10.4. The number of nitriles is 1. The zero-order valence-electron chi connectivity index (χ0n) is 14.8. The van der Waals surface area contributed by atoms with E-state index in [-0.39, 0.29) is 5.91 Å². The van der Waals surface area contributed by atoms with Gasteiger partial charge < -0.3 is 4.90 Å². The summed E-state index contributed by atoms with van der Waals surface area (Å²) in [6.07, 6.45) is 0. The van der Waals surface area contributed by atoms with Crippen LogP contribution >= 0.6 is 11.6 Å². The monoisotopic (exact) mass is 377 g/mol. The lowest BCUT2D eigenvalue weighted by Gasteiger charge is -2.69. The van der Waals surface area contributed by atoms with Crippen molar-refractivity contribution >= 4 is 23.5 Å². The van der Waals surface area contributed by atoms with Crippen molar-refractivity contribution in [3.05, 3.63) is 59.7 Å². The van der Waals surface area contributed by atoms with E-state index in [9.17, 15) is 14.9 Å². The normalized spacial score (nSPS) is 33.3. The molecule has 0 aromatic heterocycles. The van der Waals surface area contributed by atoms with Crippen molar-refractivity contribution in [2.24, 2.45) is 5.92 Å². The van der Waals surface area contributed by atoms with Gasteiger partial charge in [-0.25, -0.2) is 4.79 Å². The van der Waals surface area contributed by atoms with Gasteiger partial charge >= 0.3 is 6.03 Å². The third kappa shape index (κ3) is 1.50. The number of likely N-dealkylation sites (N-methyl/N-ethyl adjacent to an activating group) is 1. The van der Waals surface area contributed by atoms with Gasteiger partial charge in [-0.15, -0.1) is 0 Å². The smallest absolute Gasteiger partial charge is 0.305 e. The molecule has 4 atom stereocenters. The van der Waals surface area contributed by atoms with Crippen molar-refractivity contribution in [3.8, 4) is 17.2 Å². The van der Waals surface area contributed by atoms with Crippen LogP contribution in [0.4, 0.5) is 4.79 Å². The summed E-state index contributed by atoms with van der Waals surface area (Å²) in [5.41, 5.74) is 2.46. The molecule has 0 bridgehead atoms. The molecule has 3 amide bonds. The van der Waals surface area contributed by atoms with Crippen LogP contribution in [0.15, 0.2) is 48.5 Å². The van der Waals surface area contributed by atoms with E-state index in [2.05, 4.69) is 6.07 Å². The van der Waals surface area contributed by atoms with E-state index in [1.807, 2.05) is 48.5 Å². The summed E-state index contributed by atoms with van der Waals surface area (Å²) >= 11 is 7.07. The van der Waals surface area contributed by atoms with Crippen LogP contribution < -0.4 is 0 Å². The number of carbonyl (C=O) groups excluding carboxylic acids is 2. The van der Waals surface area contributed by atoms with Gasteiger partial charge in [-0.2, -0.15) is 5.26 Å². The van der Waals surface area contributed by atoms with Crippen molar-refractivity contribution in [3.63, 3.8) is 0 Å². The van der Waals surface area contributed by atoms with Gasteiger partial charge in [-0.05, 0) is 22.3 Å². The quantitative estimate of drug-likeness (QED) is 0.522. The second kappa shape index (κ2) is 4.90. The maximum absolute atomic E-state index is 13.1. The minimum absolute atomic E-state index is 0.335. The fourth-order valence-corrected chi connectivity index (χ4v) is 5.89. The number of hydrogen-bond acceptors (Lipinski definition) is 3. The van der Waals surface area contributed by atoms with Crippen molar-refractivity contribution < 1.29 is 9.59 Å². The fraction of sp³-hybridized carbons (Fsp3) is 0.286. The molecule has 1 aliphatic heterocycles. The maximum Gasteiger partial charge on any atom is 0.327 e. The molecule has 5 rings (SSSR count). The van der Waals surface area contributed by atoms with Crippen LogP contribution in [0, 0.1) is 17.2 Å². The molecule has 2 aromatic carbocycles. The third-order valence-corrected chi connectivity index (χ3v) is 7.32. The number of amides is 3. The number of carbonyl (C=O) groups is 2. The molecule has 0 N–H and O–H groups in total. The van der Waals surface area contributed by atoms with E-state index in [0.29, 0.717) is 0 Å². The predicted molar refractivity (Wildman–Crippen MR) is 99.9 cm³/mol. The number of fused-ring (bicyclic) bond motifs is 9. The first-order valence-corrected chi connectivity index (χ1v) is 9.13. The van der Waals surface area contributed by atoms with Gasteiger partial charge in [0.15, 0.2) is 5.00 Å². The number of benzene rings is 2. The highest BCUT2D eigenvalue weighted by Gasteiger charge is 2.81. The van der Waals surface area contributed by atoms with Crippen molar-refractivity contribution in [2.45, 2.75) is 16.3 Å². The first-order chi connectivity index (χ1) is 12.9. The zero-order chi connectivity index (χ0) is 19.1. The minimum Gasteiger partial charge on any atom is -0.305 e. The molecule has 0 spiro atoms. The minimum atomic E-state index is -1.42. The molecule has 1 saturated heterocycles. The Morgan fingerprint density at radius 2 is 1.63 bits per heavy atom. The summed E-state index contributed by atoms with van der Waals surface area (Å²) in [4.78, 5) is 26.8. The number of rotatable bonds is 0. The Bertz CT molecular complexity index is 1080. The molecule has 1 saturated carbocycles. The molecule has 1 heterocycles. The molecule has 134 valence electrons. The van der Waals surface area contributed by atoms with Crippen LogP contribution in [0.2, 0.25) is 0 Å². The van der Waals surface area contributed by atoms with Crippen molar-refractivity contribution in [1.29, 1.82) is 5.26 Å². The summed E-state index contributed by atoms with van der Waals surface area (Å²) in [5.74, 6) is -1.42. The molecular formula is C21H16ClN3O2. The Morgan fingerprint density at radius 1 is 1.00 bits per heavy atom. The van der Waals surface area contributed by atoms with Gasteiger partial charge in [0, 0.05) is 20.0 Å². The Balaban J connectivity index is 1.88. The summed E-state index contributed by atoms with van der Waals surface area (Å²) < 4.78 is 0. The molecule has 2 fully saturated rings. The lowest BCUT2D eigenvalue weighted by molar-refractivity contribution is -0.155. The van der Waals surface area contributed by atoms with Crippen LogP contribution in [0.25, 0.3) is 11.1 Å². The Kier molecular flexibility index (Phi) is 2.97. The van der Waals surface area contributed by atoms with E-state index >= 15 is 0 Å². The molecule has 2 aromatic rings. The number of nitrogens with zero attached hydrogens (tertiary/aromatic N) is 3. The van der Waals surface area contributed by atoms with Crippen molar-refractivity contribution in [1.82, 2.24) is 9.80 Å². The van der Waals surface area contributed by atoms with Gasteiger partial charge in [0.1, 0.15) is 5.41 Å². The van der Waals surface area contributed by atoms with Gasteiger partial charge in [0.05, 0.1) is 12.0 Å². The number of urea groups is 1. The Hall–Kier alpha value is -2.84. The lowest BCUT2D eigenvalue weighted by atomic mass is 9.42. The molecule has 6 heteroatoms. The number of alkyl halides is 1. The largest absolute Gasteiger partial charge is 0.327 e. The SMILES string of the molecule is CN1C(=O)[C@@H]2[C@@H]3c4ccccc4-c4ccccc4[C@]3(C#N)[C@]2(Cl)N(C)C1=O. The molecule has 5 nitrogen and oxygen atoms in total. The van der Waals surface area contributed by atoms with Crippen LogP contribution in [0.1, 0.15) is 17.0 Å². The summed E-state index contributed by atoms with van der Waals surface area (Å²) in [7, 11) is 3.04. The zero-order valence-corrected chi connectivity index (χ0v) is 15.6. The van der Waals surface area contributed by atoms with Crippen LogP contribution in [-0.2, 0) is 10.2 Å². The van der Waals surface area contributed by atoms with Crippen LogP contribution in [-0.4, -0.2) is 40.8 Å². The topological polar surface area (TPSA) is 64.4 Å². The molecule has 3 aliphatic rings. The van der Waals surface area contributed by atoms with Crippen LogP contribution in [0.5, 0.6) is 0 Å².